The molecule has 0 saturated carbocycles. The predicted molar refractivity (Wildman–Crippen MR) is 96.1 cm³/mol. The lowest BCUT2D eigenvalue weighted by Crippen LogP contribution is -2.35. The summed E-state index contributed by atoms with van der Waals surface area (Å²) in [7, 11) is 0. The number of carbonyl (C=O) groups excluding carboxylic acids is 1. The smallest absolute Gasteiger partial charge is 0.248 e. The SMILES string of the molecule is NC(=O)c1ccc(-c2c(CN3CCOCC3)[nH]c3ncccc23)cc1. The third kappa shape index (κ3) is 3.14. The second-order valence-corrected chi connectivity index (χ2v) is 6.21. The van der Waals surface area contributed by atoms with Crippen molar-refractivity contribution >= 4 is 16.9 Å². The van der Waals surface area contributed by atoms with Gasteiger partial charge in [0.25, 0.3) is 0 Å². The first-order valence-electron chi connectivity index (χ1n) is 8.38. The number of benzene rings is 1. The first-order valence-corrected chi connectivity index (χ1v) is 8.38. The van der Waals surface area contributed by atoms with Gasteiger partial charge in [0, 0.05) is 48.0 Å². The number of H-pyrrole nitrogens is 1. The van der Waals surface area contributed by atoms with Crippen LogP contribution in [-0.2, 0) is 11.3 Å². The Bertz CT molecular complexity index is 895. The van der Waals surface area contributed by atoms with E-state index >= 15 is 0 Å². The minimum atomic E-state index is -0.416. The van der Waals surface area contributed by atoms with Crippen molar-refractivity contribution in [1.82, 2.24) is 14.9 Å². The van der Waals surface area contributed by atoms with Gasteiger partial charge in [-0.05, 0) is 29.8 Å². The van der Waals surface area contributed by atoms with Crippen molar-refractivity contribution in [2.75, 3.05) is 26.3 Å². The van der Waals surface area contributed by atoms with Crippen molar-refractivity contribution in [2.24, 2.45) is 5.73 Å². The van der Waals surface area contributed by atoms with Gasteiger partial charge in [-0.15, -0.1) is 0 Å². The number of nitrogens with one attached hydrogen (secondary N) is 1. The first-order chi connectivity index (χ1) is 12.2. The molecule has 3 heterocycles. The zero-order valence-electron chi connectivity index (χ0n) is 13.9. The molecule has 0 spiro atoms. The highest BCUT2D eigenvalue weighted by Crippen LogP contribution is 2.32. The molecule has 0 unspecified atom stereocenters. The maximum atomic E-state index is 11.3. The summed E-state index contributed by atoms with van der Waals surface area (Å²) >= 11 is 0. The molecule has 3 N–H and O–H groups in total. The zero-order chi connectivity index (χ0) is 17.2. The van der Waals surface area contributed by atoms with E-state index in [-0.39, 0.29) is 0 Å². The van der Waals surface area contributed by atoms with Gasteiger partial charge in [-0.1, -0.05) is 12.1 Å². The molecule has 2 aromatic heterocycles. The average molecular weight is 336 g/mol. The van der Waals surface area contributed by atoms with Gasteiger partial charge in [0.05, 0.1) is 13.2 Å². The molecule has 0 aliphatic carbocycles. The Kier molecular flexibility index (Phi) is 4.21. The van der Waals surface area contributed by atoms with Crippen LogP contribution < -0.4 is 5.73 Å². The van der Waals surface area contributed by atoms with Crippen molar-refractivity contribution in [1.29, 1.82) is 0 Å². The number of ether oxygens (including phenoxy) is 1. The fourth-order valence-electron chi connectivity index (χ4n) is 3.31. The Morgan fingerprint density at radius 1 is 1.20 bits per heavy atom. The number of aromatic nitrogens is 2. The standard InChI is InChI=1S/C19H20N4O2/c20-18(24)14-5-3-13(4-6-14)17-15-2-1-7-21-19(15)22-16(17)12-23-8-10-25-11-9-23/h1-7H,8-12H2,(H2,20,24)(H,21,22). The monoisotopic (exact) mass is 336 g/mol. The number of hydrogen-bond acceptors (Lipinski definition) is 4. The van der Waals surface area contributed by atoms with E-state index in [4.69, 9.17) is 10.5 Å². The van der Waals surface area contributed by atoms with Crippen molar-refractivity contribution in [3.05, 3.63) is 53.9 Å². The lowest BCUT2D eigenvalue weighted by atomic mass is 10.0. The summed E-state index contributed by atoms with van der Waals surface area (Å²) in [4.78, 5) is 21.6. The van der Waals surface area contributed by atoms with Crippen LogP contribution >= 0.6 is 0 Å². The minimum Gasteiger partial charge on any atom is -0.379 e. The highest BCUT2D eigenvalue weighted by molar-refractivity contribution is 5.97. The van der Waals surface area contributed by atoms with E-state index in [0.29, 0.717) is 5.56 Å². The van der Waals surface area contributed by atoms with Gasteiger partial charge < -0.3 is 15.5 Å². The summed E-state index contributed by atoms with van der Waals surface area (Å²) in [6, 6.07) is 11.4. The van der Waals surface area contributed by atoms with Gasteiger partial charge in [0.2, 0.25) is 5.91 Å². The number of pyridine rings is 1. The topological polar surface area (TPSA) is 84.2 Å². The number of primary amides is 1. The van der Waals surface area contributed by atoms with Crippen LogP contribution in [0.1, 0.15) is 16.1 Å². The van der Waals surface area contributed by atoms with Crippen LogP contribution in [0, 0.1) is 0 Å². The molecule has 6 nitrogen and oxygen atoms in total. The second-order valence-electron chi connectivity index (χ2n) is 6.21. The van der Waals surface area contributed by atoms with Crippen molar-refractivity contribution in [2.45, 2.75) is 6.54 Å². The lowest BCUT2D eigenvalue weighted by Gasteiger charge is -2.26. The Balaban J connectivity index is 1.77. The quantitative estimate of drug-likeness (QED) is 0.765. The molecule has 128 valence electrons. The highest BCUT2D eigenvalue weighted by atomic mass is 16.5. The number of nitrogens with two attached hydrogens (primary N) is 1. The van der Waals surface area contributed by atoms with Crippen LogP contribution in [0.5, 0.6) is 0 Å². The van der Waals surface area contributed by atoms with E-state index < -0.39 is 5.91 Å². The molecule has 6 heteroatoms. The maximum Gasteiger partial charge on any atom is 0.248 e. The summed E-state index contributed by atoms with van der Waals surface area (Å²) in [5.74, 6) is -0.416. The number of carbonyl (C=O) groups is 1. The minimum absolute atomic E-state index is 0.416. The van der Waals surface area contributed by atoms with Gasteiger partial charge in [0.1, 0.15) is 5.65 Å². The van der Waals surface area contributed by atoms with Gasteiger partial charge in [-0.3, -0.25) is 9.69 Å². The Labute approximate surface area is 145 Å². The van der Waals surface area contributed by atoms with E-state index in [1.165, 1.54) is 0 Å². The number of morpholine rings is 1. The number of fused-ring (bicyclic) bond motifs is 1. The Hall–Kier alpha value is -2.70. The Morgan fingerprint density at radius 3 is 2.68 bits per heavy atom. The molecule has 1 aromatic carbocycles. The van der Waals surface area contributed by atoms with Crippen LogP contribution in [0.3, 0.4) is 0 Å². The summed E-state index contributed by atoms with van der Waals surface area (Å²) < 4.78 is 5.44. The first kappa shape index (κ1) is 15.8. The fourth-order valence-corrected chi connectivity index (χ4v) is 3.31. The molecule has 1 aliphatic heterocycles. The summed E-state index contributed by atoms with van der Waals surface area (Å²) in [5.41, 5.74) is 10.0. The molecule has 25 heavy (non-hydrogen) atoms. The molecule has 1 aliphatic rings. The number of amides is 1. The van der Waals surface area contributed by atoms with E-state index in [2.05, 4.69) is 20.9 Å². The van der Waals surface area contributed by atoms with Crippen LogP contribution in [-0.4, -0.2) is 47.1 Å². The lowest BCUT2D eigenvalue weighted by molar-refractivity contribution is 0.0338. The molecular weight excluding hydrogens is 316 g/mol. The molecule has 1 saturated heterocycles. The normalized spacial score (nSPS) is 15.5. The zero-order valence-corrected chi connectivity index (χ0v) is 13.9. The molecular formula is C19H20N4O2. The van der Waals surface area contributed by atoms with Crippen LogP contribution in [0.2, 0.25) is 0 Å². The molecule has 0 radical (unpaired) electrons. The van der Waals surface area contributed by atoms with Crippen LogP contribution in [0.4, 0.5) is 0 Å². The third-order valence-corrected chi connectivity index (χ3v) is 4.59. The van der Waals surface area contributed by atoms with Gasteiger partial charge in [-0.25, -0.2) is 4.98 Å². The van der Waals surface area contributed by atoms with Crippen LogP contribution in [0.15, 0.2) is 42.6 Å². The third-order valence-electron chi connectivity index (χ3n) is 4.59. The average Bonchev–Trinajstić information content (AvgIpc) is 3.00. The molecule has 1 amide bonds. The van der Waals surface area contributed by atoms with Crippen molar-refractivity contribution in [3.63, 3.8) is 0 Å². The number of rotatable bonds is 4. The van der Waals surface area contributed by atoms with Crippen LogP contribution in [0.25, 0.3) is 22.2 Å². The van der Waals surface area contributed by atoms with Crippen molar-refractivity contribution in [3.8, 4) is 11.1 Å². The molecule has 4 rings (SSSR count). The number of nitrogens with zero attached hydrogens (tertiary/aromatic N) is 2. The van der Waals surface area contributed by atoms with Crippen molar-refractivity contribution < 1.29 is 9.53 Å². The molecule has 3 aromatic rings. The van der Waals surface area contributed by atoms with E-state index in [9.17, 15) is 4.79 Å². The molecule has 0 bridgehead atoms. The fraction of sp³-hybridized carbons (Fsp3) is 0.263. The number of aromatic amines is 1. The van der Waals surface area contributed by atoms with Gasteiger partial charge in [-0.2, -0.15) is 0 Å². The molecule has 0 atom stereocenters. The van der Waals surface area contributed by atoms with Gasteiger partial charge >= 0.3 is 0 Å². The number of hydrogen-bond donors (Lipinski definition) is 2. The molecule has 1 fully saturated rings. The van der Waals surface area contributed by atoms with E-state index in [1.807, 2.05) is 18.2 Å². The summed E-state index contributed by atoms with van der Waals surface area (Å²) in [6.07, 6.45) is 1.79. The maximum absolute atomic E-state index is 11.3. The van der Waals surface area contributed by atoms with Gasteiger partial charge in [0.15, 0.2) is 0 Å². The van der Waals surface area contributed by atoms with E-state index in [0.717, 1.165) is 60.7 Å². The second kappa shape index (κ2) is 6.66. The largest absolute Gasteiger partial charge is 0.379 e. The predicted octanol–water partition coefficient (Wildman–Crippen LogP) is 2.16. The highest BCUT2D eigenvalue weighted by Gasteiger charge is 2.18. The summed E-state index contributed by atoms with van der Waals surface area (Å²) in [5, 5.41) is 1.08. The van der Waals surface area contributed by atoms with E-state index in [1.54, 1.807) is 18.3 Å². The summed E-state index contributed by atoms with van der Waals surface area (Å²) in [6.45, 7) is 4.18. The Morgan fingerprint density at radius 2 is 1.96 bits per heavy atom.